The summed E-state index contributed by atoms with van der Waals surface area (Å²) >= 11 is 5.59. The average Bonchev–Trinajstić information content (AvgIpc) is 2.73. The molecule has 0 atom stereocenters. The van der Waals surface area contributed by atoms with E-state index in [1.54, 1.807) is 0 Å². The van der Waals surface area contributed by atoms with E-state index in [-0.39, 0.29) is 11.8 Å². The lowest BCUT2D eigenvalue weighted by molar-refractivity contribution is -0.402. The van der Waals surface area contributed by atoms with E-state index in [1.165, 1.54) is 11.0 Å². The largest absolute Gasteiger partial charge is 0.433 e. The number of rotatable bonds is 5. The molecule has 1 heterocycles. The summed E-state index contributed by atoms with van der Waals surface area (Å²) in [4.78, 5) is 23.2. The number of furan rings is 1. The highest BCUT2D eigenvalue weighted by molar-refractivity contribution is 6.18. The number of carbonyl (C=O) groups excluding carboxylic acids is 1. The first kappa shape index (κ1) is 13.5. The van der Waals surface area contributed by atoms with Crippen molar-refractivity contribution in [2.24, 2.45) is 0 Å². The van der Waals surface area contributed by atoms with Crippen molar-refractivity contribution in [3.63, 3.8) is 0 Å². The summed E-state index contributed by atoms with van der Waals surface area (Å²) in [6.45, 7) is 4.04. The summed E-state index contributed by atoms with van der Waals surface area (Å²) in [5.41, 5.74) is 0. The maximum absolute atomic E-state index is 12.0. The Kier molecular flexibility index (Phi) is 4.51. The Morgan fingerprint density at radius 2 is 2.24 bits per heavy atom. The fourth-order valence-electron chi connectivity index (χ4n) is 1.37. The summed E-state index contributed by atoms with van der Waals surface area (Å²) in [5.74, 6) is -0.584. The summed E-state index contributed by atoms with van der Waals surface area (Å²) in [6, 6.07) is 2.40. The van der Waals surface area contributed by atoms with Gasteiger partial charge in [-0.3, -0.25) is 14.9 Å². The molecule has 7 heteroatoms. The SMILES string of the molecule is CC(C)N(CCCl)C(=O)c1ccc([N+](=O)[O-])o1. The van der Waals surface area contributed by atoms with E-state index in [9.17, 15) is 14.9 Å². The van der Waals surface area contributed by atoms with Crippen molar-refractivity contribution in [2.45, 2.75) is 19.9 Å². The number of hydrogen-bond acceptors (Lipinski definition) is 4. The molecule has 0 aliphatic carbocycles. The fraction of sp³-hybridized carbons (Fsp3) is 0.500. The van der Waals surface area contributed by atoms with Crippen molar-refractivity contribution in [1.29, 1.82) is 0 Å². The zero-order chi connectivity index (χ0) is 13.0. The van der Waals surface area contributed by atoms with E-state index in [1.807, 2.05) is 13.8 Å². The third-order valence-electron chi connectivity index (χ3n) is 2.19. The lowest BCUT2D eigenvalue weighted by Gasteiger charge is -2.24. The Labute approximate surface area is 103 Å². The van der Waals surface area contributed by atoms with Gasteiger partial charge in [0.1, 0.15) is 4.92 Å². The molecule has 1 amide bonds. The molecule has 0 spiro atoms. The van der Waals surface area contributed by atoms with Crippen molar-refractivity contribution in [1.82, 2.24) is 4.90 Å². The lowest BCUT2D eigenvalue weighted by atomic mass is 10.3. The molecule has 0 radical (unpaired) electrons. The van der Waals surface area contributed by atoms with Crippen LogP contribution in [0.5, 0.6) is 0 Å². The van der Waals surface area contributed by atoms with Gasteiger partial charge in [-0.25, -0.2) is 0 Å². The number of halogens is 1. The van der Waals surface area contributed by atoms with Crippen LogP contribution < -0.4 is 0 Å². The molecular weight excluding hydrogens is 248 g/mol. The molecule has 1 rings (SSSR count). The standard InChI is InChI=1S/C10H13ClN2O4/c1-7(2)12(6-5-11)10(14)8-3-4-9(17-8)13(15)16/h3-4,7H,5-6H2,1-2H3. The van der Waals surface area contributed by atoms with Crippen LogP contribution in [0.1, 0.15) is 24.4 Å². The van der Waals surface area contributed by atoms with E-state index in [4.69, 9.17) is 16.0 Å². The monoisotopic (exact) mass is 260 g/mol. The van der Waals surface area contributed by atoms with E-state index < -0.39 is 16.7 Å². The molecule has 0 saturated carbocycles. The first-order valence-corrected chi connectivity index (χ1v) is 5.62. The highest BCUT2D eigenvalue weighted by atomic mass is 35.5. The van der Waals surface area contributed by atoms with Crippen LogP contribution >= 0.6 is 11.6 Å². The number of amides is 1. The van der Waals surface area contributed by atoms with Gasteiger partial charge in [0.05, 0.1) is 6.07 Å². The highest BCUT2D eigenvalue weighted by Crippen LogP contribution is 2.18. The number of carbonyl (C=O) groups is 1. The Morgan fingerprint density at radius 3 is 2.65 bits per heavy atom. The number of hydrogen-bond donors (Lipinski definition) is 0. The van der Waals surface area contributed by atoms with Crippen LogP contribution in [-0.2, 0) is 0 Å². The molecule has 6 nitrogen and oxygen atoms in total. The summed E-state index contributed by atoms with van der Waals surface area (Å²) < 4.78 is 4.85. The molecule has 17 heavy (non-hydrogen) atoms. The first-order valence-electron chi connectivity index (χ1n) is 5.08. The number of nitro groups is 1. The van der Waals surface area contributed by atoms with Crippen LogP contribution in [0.15, 0.2) is 16.5 Å². The van der Waals surface area contributed by atoms with Gasteiger partial charge in [0.2, 0.25) is 0 Å². The minimum absolute atomic E-state index is 0.0458. The van der Waals surface area contributed by atoms with E-state index in [0.29, 0.717) is 12.4 Å². The molecule has 0 saturated heterocycles. The van der Waals surface area contributed by atoms with Crippen molar-refractivity contribution in [3.05, 3.63) is 28.0 Å². The molecule has 0 aromatic carbocycles. The Balaban J connectivity index is 2.89. The molecule has 0 N–H and O–H groups in total. The molecule has 94 valence electrons. The molecule has 0 unspecified atom stereocenters. The molecule has 0 aliphatic rings. The van der Waals surface area contributed by atoms with Crippen molar-refractivity contribution >= 4 is 23.4 Å². The van der Waals surface area contributed by atoms with Gasteiger partial charge < -0.3 is 9.32 Å². The van der Waals surface area contributed by atoms with Gasteiger partial charge in [-0.2, -0.15) is 0 Å². The maximum Gasteiger partial charge on any atom is 0.433 e. The normalized spacial score (nSPS) is 10.6. The predicted octanol–water partition coefficient (Wildman–Crippen LogP) is 2.28. The van der Waals surface area contributed by atoms with Crippen LogP contribution in [0, 0.1) is 10.1 Å². The van der Waals surface area contributed by atoms with Gasteiger partial charge >= 0.3 is 5.88 Å². The molecule has 0 aliphatic heterocycles. The average molecular weight is 261 g/mol. The fourth-order valence-corrected chi connectivity index (χ4v) is 1.55. The second-order valence-corrected chi connectivity index (χ2v) is 4.05. The third kappa shape index (κ3) is 3.20. The lowest BCUT2D eigenvalue weighted by Crippen LogP contribution is -2.38. The summed E-state index contributed by atoms with van der Waals surface area (Å²) in [6.07, 6.45) is 0. The van der Waals surface area contributed by atoms with Crippen LogP contribution in [0.4, 0.5) is 5.88 Å². The van der Waals surface area contributed by atoms with Gasteiger partial charge in [-0.15, -0.1) is 11.6 Å². The topological polar surface area (TPSA) is 76.6 Å². The van der Waals surface area contributed by atoms with Crippen LogP contribution in [0.25, 0.3) is 0 Å². The third-order valence-corrected chi connectivity index (χ3v) is 2.36. The van der Waals surface area contributed by atoms with Crippen LogP contribution in [0.3, 0.4) is 0 Å². The number of nitrogens with zero attached hydrogens (tertiary/aromatic N) is 2. The van der Waals surface area contributed by atoms with E-state index in [0.717, 1.165) is 6.07 Å². The van der Waals surface area contributed by atoms with Gasteiger partial charge in [-0.05, 0) is 19.9 Å². The van der Waals surface area contributed by atoms with Gasteiger partial charge in [0, 0.05) is 18.5 Å². The Hall–Kier alpha value is -1.56. The van der Waals surface area contributed by atoms with E-state index >= 15 is 0 Å². The zero-order valence-electron chi connectivity index (χ0n) is 9.55. The molecule has 0 bridgehead atoms. The molecule has 0 fully saturated rings. The van der Waals surface area contributed by atoms with Gasteiger partial charge in [0.25, 0.3) is 5.91 Å². The number of alkyl halides is 1. The molecular formula is C10H13ClN2O4. The summed E-state index contributed by atoms with van der Waals surface area (Å²) in [5, 5.41) is 10.4. The quantitative estimate of drug-likeness (QED) is 0.462. The van der Waals surface area contributed by atoms with Crippen molar-refractivity contribution < 1.29 is 14.1 Å². The highest BCUT2D eigenvalue weighted by Gasteiger charge is 2.23. The first-order chi connectivity index (χ1) is 7.97. The Bertz CT molecular complexity index is 416. The minimum atomic E-state index is -0.682. The van der Waals surface area contributed by atoms with Gasteiger partial charge in [0.15, 0.2) is 5.76 Å². The molecule has 1 aromatic rings. The van der Waals surface area contributed by atoms with Crippen molar-refractivity contribution in [2.75, 3.05) is 12.4 Å². The Morgan fingerprint density at radius 1 is 1.59 bits per heavy atom. The minimum Gasteiger partial charge on any atom is -0.395 e. The van der Waals surface area contributed by atoms with Crippen LogP contribution in [0.2, 0.25) is 0 Å². The second-order valence-electron chi connectivity index (χ2n) is 3.68. The van der Waals surface area contributed by atoms with Crippen LogP contribution in [-0.4, -0.2) is 34.2 Å². The van der Waals surface area contributed by atoms with Gasteiger partial charge in [-0.1, -0.05) is 0 Å². The van der Waals surface area contributed by atoms with E-state index in [2.05, 4.69) is 0 Å². The summed E-state index contributed by atoms with van der Waals surface area (Å²) in [7, 11) is 0. The van der Waals surface area contributed by atoms with Crippen molar-refractivity contribution in [3.8, 4) is 0 Å². The predicted molar refractivity (Wildman–Crippen MR) is 62.3 cm³/mol. The zero-order valence-corrected chi connectivity index (χ0v) is 10.3. The molecule has 1 aromatic heterocycles. The smallest absolute Gasteiger partial charge is 0.395 e. The second kappa shape index (κ2) is 5.67. The maximum atomic E-state index is 12.0.